The summed E-state index contributed by atoms with van der Waals surface area (Å²) in [6.07, 6.45) is 6.29. The Morgan fingerprint density at radius 3 is 2.63 bits per heavy atom. The summed E-state index contributed by atoms with van der Waals surface area (Å²) < 4.78 is 5.34. The van der Waals surface area contributed by atoms with Gasteiger partial charge >= 0.3 is 0 Å². The Hall–Kier alpha value is -2.40. The summed E-state index contributed by atoms with van der Waals surface area (Å²) in [5.74, 6) is 1.43. The molecule has 3 heterocycles. The highest BCUT2D eigenvalue weighted by Crippen LogP contribution is 2.48. The maximum absolute atomic E-state index is 12.6. The van der Waals surface area contributed by atoms with Gasteiger partial charge in [0, 0.05) is 51.4 Å². The maximum atomic E-state index is 12.6. The molecule has 1 unspecified atom stereocenters. The third-order valence-electron chi connectivity index (χ3n) is 6.44. The normalized spacial score (nSPS) is 22.4. The van der Waals surface area contributed by atoms with Crippen LogP contribution in [0.3, 0.4) is 0 Å². The van der Waals surface area contributed by atoms with E-state index >= 15 is 0 Å². The van der Waals surface area contributed by atoms with E-state index in [1.165, 1.54) is 11.1 Å². The quantitative estimate of drug-likeness (QED) is 0.835. The Kier molecular flexibility index (Phi) is 4.87. The molecule has 0 bridgehead atoms. The van der Waals surface area contributed by atoms with Crippen molar-refractivity contribution in [1.82, 2.24) is 14.8 Å². The van der Waals surface area contributed by atoms with E-state index in [9.17, 15) is 4.79 Å². The number of likely N-dealkylation sites (tertiary alicyclic amines) is 2. The van der Waals surface area contributed by atoms with Crippen molar-refractivity contribution >= 4 is 5.91 Å². The van der Waals surface area contributed by atoms with Crippen LogP contribution in [0.15, 0.2) is 48.8 Å². The molecule has 0 radical (unpaired) electrons. The van der Waals surface area contributed by atoms with Gasteiger partial charge in [-0.15, -0.1) is 0 Å². The molecule has 142 valence electrons. The molecule has 0 saturated carbocycles. The number of hydrogen-bond donors (Lipinski definition) is 0. The van der Waals surface area contributed by atoms with Crippen LogP contribution in [-0.2, 0) is 11.3 Å². The molecule has 2 fully saturated rings. The molecule has 2 aliphatic heterocycles. The monoisotopic (exact) mass is 365 g/mol. The van der Waals surface area contributed by atoms with E-state index in [4.69, 9.17) is 4.74 Å². The Morgan fingerprint density at radius 1 is 1.19 bits per heavy atom. The molecule has 5 heteroatoms. The van der Waals surface area contributed by atoms with Gasteiger partial charge in [0.1, 0.15) is 5.75 Å². The summed E-state index contributed by atoms with van der Waals surface area (Å²) in [7, 11) is 3.69. The molecule has 27 heavy (non-hydrogen) atoms. The molecule has 1 aromatic carbocycles. The topological polar surface area (TPSA) is 45.7 Å². The fourth-order valence-corrected chi connectivity index (χ4v) is 4.82. The first kappa shape index (κ1) is 18.0. The van der Waals surface area contributed by atoms with Gasteiger partial charge in [-0.25, -0.2) is 0 Å². The van der Waals surface area contributed by atoms with Gasteiger partial charge in [-0.2, -0.15) is 0 Å². The average Bonchev–Trinajstić information content (AvgIpc) is 2.96. The fraction of sp³-hybridized carbons (Fsp3) is 0.455. The summed E-state index contributed by atoms with van der Waals surface area (Å²) in [6, 6.07) is 12.4. The number of likely N-dealkylation sites (N-methyl/N-ethyl adjacent to an activating group) is 1. The number of amides is 1. The van der Waals surface area contributed by atoms with Crippen molar-refractivity contribution in [2.45, 2.75) is 37.3 Å². The van der Waals surface area contributed by atoms with Crippen LogP contribution >= 0.6 is 0 Å². The first-order valence-corrected chi connectivity index (χ1v) is 9.64. The number of aromatic nitrogens is 1. The standard InChI is InChI=1S/C22H27N3O2/c1-24-21(26)15-20(18-6-10-23-11-7-18)22(24)8-12-25(13-9-22)16-17-4-3-5-19(14-17)27-2/h3-7,10-11,14,20H,8-9,12-13,15-16H2,1-2H3. The highest BCUT2D eigenvalue weighted by Gasteiger charge is 2.52. The Balaban J connectivity index is 1.49. The number of carbonyl (C=O) groups excluding carboxylic acids is 1. The molecule has 1 aromatic heterocycles. The molecular weight excluding hydrogens is 338 g/mol. The van der Waals surface area contributed by atoms with Gasteiger partial charge in [-0.05, 0) is 48.2 Å². The summed E-state index contributed by atoms with van der Waals surface area (Å²) in [5.41, 5.74) is 2.44. The van der Waals surface area contributed by atoms with Crippen molar-refractivity contribution in [3.8, 4) is 5.75 Å². The lowest BCUT2D eigenvalue weighted by Crippen LogP contribution is -2.53. The summed E-state index contributed by atoms with van der Waals surface area (Å²) >= 11 is 0. The number of hydrogen-bond acceptors (Lipinski definition) is 4. The summed E-state index contributed by atoms with van der Waals surface area (Å²) in [5, 5.41) is 0. The van der Waals surface area contributed by atoms with Gasteiger partial charge in [-0.1, -0.05) is 12.1 Å². The fourth-order valence-electron chi connectivity index (χ4n) is 4.82. The number of methoxy groups -OCH3 is 1. The lowest BCUT2D eigenvalue weighted by Gasteiger charge is -2.47. The number of nitrogens with zero attached hydrogens (tertiary/aromatic N) is 3. The third kappa shape index (κ3) is 3.32. The maximum Gasteiger partial charge on any atom is 0.223 e. The second kappa shape index (κ2) is 7.31. The zero-order chi connectivity index (χ0) is 18.9. The van der Waals surface area contributed by atoms with E-state index in [1.807, 2.05) is 36.5 Å². The Morgan fingerprint density at radius 2 is 1.93 bits per heavy atom. The smallest absolute Gasteiger partial charge is 0.223 e. The molecule has 4 rings (SSSR count). The molecule has 0 N–H and O–H groups in total. The van der Waals surface area contributed by atoms with Crippen LogP contribution in [0.25, 0.3) is 0 Å². The van der Waals surface area contributed by atoms with Gasteiger partial charge < -0.3 is 9.64 Å². The molecule has 2 saturated heterocycles. The van der Waals surface area contributed by atoms with Crippen LogP contribution in [-0.4, -0.2) is 53.5 Å². The molecule has 1 amide bonds. The lowest BCUT2D eigenvalue weighted by atomic mass is 9.74. The molecule has 2 aromatic rings. The SMILES string of the molecule is COc1cccc(CN2CCC3(CC2)C(c2ccncc2)CC(=O)N3C)c1. The Labute approximate surface area is 161 Å². The molecule has 0 aliphatic carbocycles. The van der Waals surface area contributed by atoms with Gasteiger partial charge in [0.15, 0.2) is 0 Å². The second-order valence-corrected chi connectivity index (χ2v) is 7.72. The molecule has 1 spiro atoms. The third-order valence-corrected chi connectivity index (χ3v) is 6.44. The molecule has 2 aliphatic rings. The zero-order valence-corrected chi connectivity index (χ0v) is 16.1. The highest BCUT2D eigenvalue weighted by molar-refractivity contribution is 5.81. The van der Waals surface area contributed by atoms with Crippen molar-refractivity contribution < 1.29 is 9.53 Å². The molecule has 5 nitrogen and oxygen atoms in total. The van der Waals surface area contributed by atoms with Crippen molar-refractivity contribution in [3.05, 3.63) is 59.9 Å². The van der Waals surface area contributed by atoms with Crippen LogP contribution in [0, 0.1) is 0 Å². The minimum atomic E-state index is -0.0662. The minimum absolute atomic E-state index is 0.0662. The number of benzene rings is 1. The van der Waals surface area contributed by atoms with E-state index in [0.29, 0.717) is 6.42 Å². The van der Waals surface area contributed by atoms with Crippen LogP contribution in [0.2, 0.25) is 0 Å². The number of ether oxygens (including phenoxy) is 1. The van der Waals surface area contributed by atoms with E-state index in [0.717, 1.165) is 38.2 Å². The van der Waals surface area contributed by atoms with Crippen molar-refractivity contribution in [3.63, 3.8) is 0 Å². The van der Waals surface area contributed by atoms with Gasteiger partial charge in [-0.3, -0.25) is 14.7 Å². The van der Waals surface area contributed by atoms with Crippen molar-refractivity contribution in [1.29, 1.82) is 0 Å². The second-order valence-electron chi connectivity index (χ2n) is 7.72. The van der Waals surface area contributed by atoms with E-state index < -0.39 is 0 Å². The van der Waals surface area contributed by atoms with Crippen molar-refractivity contribution in [2.24, 2.45) is 0 Å². The number of piperidine rings is 1. The van der Waals surface area contributed by atoms with Crippen LogP contribution in [0.1, 0.15) is 36.3 Å². The lowest BCUT2D eigenvalue weighted by molar-refractivity contribution is -0.130. The predicted molar refractivity (Wildman–Crippen MR) is 105 cm³/mol. The zero-order valence-electron chi connectivity index (χ0n) is 16.1. The molecule has 1 atom stereocenters. The highest BCUT2D eigenvalue weighted by atomic mass is 16.5. The van der Waals surface area contributed by atoms with Crippen LogP contribution in [0.5, 0.6) is 5.75 Å². The first-order valence-electron chi connectivity index (χ1n) is 9.64. The van der Waals surface area contributed by atoms with Crippen LogP contribution in [0.4, 0.5) is 0 Å². The van der Waals surface area contributed by atoms with Crippen molar-refractivity contribution in [2.75, 3.05) is 27.2 Å². The largest absolute Gasteiger partial charge is 0.497 e. The first-order chi connectivity index (χ1) is 13.1. The number of carbonyl (C=O) groups is 1. The van der Waals surface area contributed by atoms with E-state index in [-0.39, 0.29) is 17.4 Å². The average molecular weight is 365 g/mol. The van der Waals surface area contributed by atoms with Gasteiger partial charge in [0.25, 0.3) is 0 Å². The van der Waals surface area contributed by atoms with Gasteiger partial charge in [0.2, 0.25) is 5.91 Å². The van der Waals surface area contributed by atoms with Gasteiger partial charge in [0.05, 0.1) is 12.6 Å². The number of pyridine rings is 1. The minimum Gasteiger partial charge on any atom is -0.497 e. The van der Waals surface area contributed by atoms with Crippen LogP contribution < -0.4 is 4.74 Å². The molecular formula is C22H27N3O2. The number of rotatable bonds is 4. The summed E-state index contributed by atoms with van der Waals surface area (Å²) in [4.78, 5) is 21.2. The Bertz CT molecular complexity index is 800. The summed E-state index contributed by atoms with van der Waals surface area (Å²) in [6.45, 7) is 2.91. The van der Waals surface area contributed by atoms with E-state index in [1.54, 1.807) is 7.11 Å². The predicted octanol–water partition coefficient (Wildman–Crippen LogP) is 3.07. The van der Waals surface area contributed by atoms with E-state index in [2.05, 4.69) is 34.1 Å².